The van der Waals surface area contributed by atoms with E-state index in [1.807, 2.05) is 6.07 Å². The Labute approximate surface area is 80.3 Å². The van der Waals surface area contributed by atoms with Crippen molar-refractivity contribution in [2.24, 2.45) is 0 Å². The Morgan fingerprint density at radius 3 is 2.77 bits per heavy atom. The first-order valence-corrected chi connectivity index (χ1v) is 4.14. The highest BCUT2D eigenvalue weighted by molar-refractivity contribution is 6.35. The molecule has 3 nitrogen and oxygen atoms in total. The number of aromatic nitrogens is 2. The largest absolute Gasteiger partial charge is 0.479 e. The van der Waals surface area contributed by atoms with Crippen molar-refractivity contribution >= 4 is 22.5 Å². The zero-order valence-corrected chi connectivity index (χ0v) is 7.75. The molecule has 0 amide bonds. The second kappa shape index (κ2) is 3.18. The molecule has 66 valence electrons. The van der Waals surface area contributed by atoms with Gasteiger partial charge in [-0.15, -0.1) is 0 Å². The maximum Gasteiger partial charge on any atom is 0.240 e. The van der Waals surface area contributed by atoms with Crippen molar-refractivity contribution in [1.29, 1.82) is 0 Å². The predicted octanol–water partition coefficient (Wildman–Crippen LogP) is 2.29. The van der Waals surface area contributed by atoms with Crippen LogP contribution in [-0.2, 0) is 0 Å². The molecule has 0 N–H and O–H groups in total. The number of methoxy groups -OCH3 is 1. The summed E-state index contributed by atoms with van der Waals surface area (Å²) in [7, 11) is 1.56. The molecule has 2 rings (SSSR count). The summed E-state index contributed by atoms with van der Waals surface area (Å²) in [5, 5.41) is 1.52. The van der Waals surface area contributed by atoms with Gasteiger partial charge in [0.05, 0.1) is 12.1 Å². The van der Waals surface area contributed by atoms with Crippen molar-refractivity contribution in [1.82, 2.24) is 9.97 Å². The van der Waals surface area contributed by atoms with Gasteiger partial charge in [0.15, 0.2) is 0 Å². The van der Waals surface area contributed by atoms with Crippen molar-refractivity contribution in [2.45, 2.75) is 0 Å². The lowest BCUT2D eigenvalue weighted by Crippen LogP contribution is -1.90. The summed E-state index contributed by atoms with van der Waals surface area (Å²) in [6, 6.07) is 3.55. The van der Waals surface area contributed by atoms with Crippen LogP contribution in [0, 0.1) is 0 Å². The summed E-state index contributed by atoms with van der Waals surface area (Å²) in [5.41, 5.74) is 0.692. The highest BCUT2D eigenvalue weighted by atomic mass is 35.5. The number of hydrogen-bond acceptors (Lipinski definition) is 3. The highest BCUT2D eigenvalue weighted by Crippen LogP contribution is 2.25. The van der Waals surface area contributed by atoms with Crippen molar-refractivity contribution in [3.8, 4) is 5.88 Å². The van der Waals surface area contributed by atoms with E-state index in [1.54, 1.807) is 25.6 Å². The van der Waals surface area contributed by atoms with Crippen molar-refractivity contribution in [2.75, 3.05) is 7.11 Å². The standard InChI is InChI=1S/C9H7ClN2O/c1-13-9-8-6(2-4-12-9)7(10)3-5-11-8/h2-5H,1H3. The molecular formula is C9H7ClN2O. The number of nitrogens with zero attached hydrogens (tertiary/aromatic N) is 2. The topological polar surface area (TPSA) is 35.0 Å². The van der Waals surface area contributed by atoms with Crippen LogP contribution >= 0.6 is 11.6 Å². The monoisotopic (exact) mass is 194 g/mol. The third-order valence-electron chi connectivity index (χ3n) is 1.77. The van der Waals surface area contributed by atoms with Crippen LogP contribution in [0.2, 0.25) is 5.02 Å². The van der Waals surface area contributed by atoms with Gasteiger partial charge in [-0.05, 0) is 12.1 Å². The zero-order chi connectivity index (χ0) is 9.26. The molecule has 0 aliphatic carbocycles. The van der Waals surface area contributed by atoms with Gasteiger partial charge in [-0.25, -0.2) is 4.98 Å². The van der Waals surface area contributed by atoms with Crippen LogP contribution in [0.5, 0.6) is 5.88 Å². The van der Waals surface area contributed by atoms with Crippen LogP contribution < -0.4 is 4.74 Å². The molecule has 0 saturated carbocycles. The van der Waals surface area contributed by atoms with Gasteiger partial charge in [-0.2, -0.15) is 0 Å². The molecule has 2 aromatic rings. The summed E-state index contributed by atoms with van der Waals surface area (Å²) in [6.45, 7) is 0. The molecule has 0 atom stereocenters. The number of hydrogen-bond donors (Lipinski definition) is 0. The molecule has 0 fully saturated rings. The molecule has 0 unspecified atom stereocenters. The third kappa shape index (κ3) is 1.31. The molecule has 0 aliphatic rings. The average Bonchev–Trinajstić information content (AvgIpc) is 2.18. The first kappa shape index (κ1) is 8.26. The minimum Gasteiger partial charge on any atom is -0.479 e. The van der Waals surface area contributed by atoms with E-state index in [0.717, 1.165) is 5.39 Å². The highest BCUT2D eigenvalue weighted by Gasteiger charge is 2.05. The quantitative estimate of drug-likeness (QED) is 0.699. The van der Waals surface area contributed by atoms with Crippen molar-refractivity contribution in [3.05, 3.63) is 29.5 Å². The van der Waals surface area contributed by atoms with Gasteiger partial charge in [-0.3, -0.25) is 4.98 Å². The Hall–Kier alpha value is -1.35. The van der Waals surface area contributed by atoms with Crippen LogP contribution in [0.3, 0.4) is 0 Å². The van der Waals surface area contributed by atoms with E-state index in [0.29, 0.717) is 16.4 Å². The fourth-order valence-corrected chi connectivity index (χ4v) is 1.38. The molecule has 0 spiro atoms. The summed E-state index contributed by atoms with van der Waals surface area (Å²) in [6.07, 6.45) is 3.28. The van der Waals surface area contributed by atoms with E-state index in [4.69, 9.17) is 16.3 Å². The molecular weight excluding hydrogens is 188 g/mol. The lowest BCUT2D eigenvalue weighted by atomic mass is 10.2. The Morgan fingerprint density at radius 1 is 1.23 bits per heavy atom. The minimum absolute atomic E-state index is 0.500. The molecule has 0 aliphatic heterocycles. The smallest absolute Gasteiger partial charge is 0.240 e. The van der Waals surface area contributed by atoms with Gasteiger partial charge in [0.25, 0.3) is 0 Å². The van der Waals surface area contributed by atoms with Gasteiger partial charge >= 0.3 is 0 Å². The van der Waals surface area contributed by atoms with E-state index < -0.39 is 0 Å². The summed E-state index contributed by atoms with van der Waals surface area (Å²) >= 11 is 5.96. The summed E-state index contributed by atoms with van der Waals surface area (Å²) in [4.78, 5) is 8.16. The van der Waals surface area contributed by atoms with E-state index >= 15 is 0 Å². The second-order valence-corrected chi connectivity index (χ2v) is 2.92. The first-order chi connectivity index (χ1) is 6.33. The van der Waals surface area contributed by atoms with Gasteiger partial charge in [0.1, 0.15) is 5.52 Å². The third-order valence-corrected chi connectivity index (χ3v) is 2.10. The summed E-state index contributed by atoms with van der Waals surface area (Å²) < 4.78 is 5.05. The Kier molecular flexibility index (Phi) is 2.02. The van der Waals surface area contributed by atoms with Crippen molar-refractivity contribution in [3.63, 3.8) is 0 Å². The molecule has 2 heterocycles. The number of rotatable bonds is 1. The van der Waals surface area contributed by atoms with E-state index in [-0.39, 0.29) is 0 Å². The average molecular weight is 195 g/mol. The zero-order valence-electron chi connectivity index (χ0n) is 6.99. The van der Waals surface area contributed by atoms with Crippen LogP contribution in [0.1, 0.15) is 0 Å². The Balaban J connectivity index is 2.84. The molecule has 0 bridgehead atoms. The molecule has 0 aromatic carbocycles. The van der Waals surface area contributed by atoms with Crippen LogP contribution in [0.25, 0.3) is 10.9 Å². The maximum absolute atomic E-state index is 5.96. The lowest BCUT2D eigenvalue weighted by molar-refractivity contribution is 0.402. The van der Waals surface area contributed by atoms with Crippen LogP contribution in [-0.4, -0.2) is 17.1 Å². The normalized spacial score (nSPS) is 10.3. The summed E-state index contributed by atoms with van der Waals surface area (Å²) in [5.74, 6) is 0.500. The second-order valence-electron chi connectivity index (χ2n) is 2.51. The van der Waals surface area contributed by atoms with E-state index in [2.05, 4.69) is 9.97 Å². The van der Waals surface area contributed by atoms with Gasteiger partial charge < -0.3 is 4.74 Å². The molecule has 2 aromatic heterocycles. The molecule has 13 heavy (non-hydrogen) atoms. The van der Waals surface area contributed by atoms with E-state index in [1.165, 1.54) is 0 Å². The van der Waals surface area contributed by atoms with Crippen LogP contribution in [0.4, 0.5) is 0 Å². The van der Waals surface area contributed by atoms with Gasteiger partial charge in [0, 0.05) is 17.8 Å². The Bertz CT molecular complexity index is 445. The number of pyridine rings is 2. The molecule has 0 saturated heterocycles. The molecule has 4 heteroatoms. The van der Waals surface area contributed by atoms with Gasteiger partial charge in [-0.1, -0.05) is 11.6 Å². The fraction of sp³-hybridized carbons (Fsp3) is 0.111. The van der Waals surface area contributed by atoms with E-state index in [9.17, 15) is 0 Å². The van der Waals surface area contributed by atoms with Crippen LogP contribution in [0.15, 0.2) is 24.5 Å². The number of ether oxygens (including phenoxy) is 1. The van der Waals surface area contributed by atoms with Crippen molar-refractivity contribution < 1.29 is 4.74 Å². The SMILES string of the molecule is COc1nccc2c(Cl)ccnc12. The van der Waals surface area contributed by atoms with Gasteiger partial charge in [0.2, 0.25) is 5.88 Å². The Morgan fingerprint density at radius 2 is 2.00 bits per heavy atom. The fourth-order valence-electron chi connectivity index (χ4n) is 1.17. The maximum atomic E-state index is 5.96. The number of fused-ring (bicyclic) bond motifs is 1. The molecule has 0 radical (unpaired) electrons. The first-order valence-electron chi connectivity index (χ1n) is 3.76. The predicted molar refractivity (Wildman–Crippen MR) is 51.1 cm³/mol. The lowest BCUT2D eigenvalue weighted by Gasteiger charge is -2.02. The number of halogens is 1. The minimum atomic E-state index is 0.500.